The van der Waals surface area contributed by atoms with Crippen LogP contribution in [-0.2, 0) is 12.7 Å². The number of alkyl halides is 3. The molecule has 0 saturated carbocycles. The van der Waals surface area contributed by atoms with Gasteiger partial charge in [0, 0.05) is 18.5 Å². The number of piperidine rings is 1. The van der Waals surface area contributed by atoms with Crippen molar-refractivity contribution >= 4 is 0 Å². The molecule has 0 atom stereocenters. The lowest BCUT2D eigenvalue weighted by atomic mass is 9.92. The molecular formula is C18H20F3N3O. The molecule has 1 aromatic heterocycles. The smallest absolute Gasteiger partial charge is 0.311 e. The molecule has 0 aliphatic carbocycles. The van der Waals surface area contributed by atoms with E-state index < -0.39 is 11.7 Å². The van der Waals surface area contributed by atoms with Crippen LogP contribution in [0, 0.1) is 6.92 Å². The number of H-pyrrole nitrogens is 1. The molecule has 0 unspecified atom stereocenters. The second kappa shape index (κ2) is 7.00. The van der Waals surface area contributed by atoms with Crippen molar-refractivity contribution in [1.29, 1.82) is 0 Å². The minimum atomic E-state index is -4.33. The summed E-state index contributed by atoms with van der Waals surface area (Å²) < 4.78 is 39.3. The predicted molar refractivity (Wildman–Crippen MR) is 88.3 cm³/mol. The van der Waals surface area contributed by atoms with Crippen molar-refractivity contribution in [3.8, 4) is 0 Å². The number of rotatable bonds is 3. The highest BCUT2D eigenvalue weighted by atomic mass is 19.4. The van der Waals surface area contributed by atoms with Crippen molar-refractivity contribution in [1.82, 2.24) is 14.9 Å². The summed E-state index contributed by atoms with van der Waals surface area (Å²) in [5.74, 6) is 0.763. The zero-order valence-corrected chi connectivity index (χ0v) is 13.9. The van der Waals surface area contributed by atoms with Crippen LogP contribution < -0.4 is 5.56 Å². The van der Waals surface area contributed by atoms with Gasteiger partial charge >= 0.3 is 6.18 Å². The van der Waals surface area contributed by atoms with Gasteiger partial charge in [0.2, 0.25) is 0 Å². The Morgan fingerprint density at radius 1 is 1.24 bits per heavy atom. The molecule has 0 amide bonds. The van der Waals surface area contributed by atoms with E-state index in [0.29, 0.717) is 24.5 Å². The number of aromatic amines is 1. The van der Waals surface area contributed by atoms with Crippen LogP contribution in [0.25, 0.3) is 0 Å². The molecule has 7 heteroatoms. The van der Waals surface area contributed by atoms with Crippen LogP contribution in [0.4, 0.5) is 13.2 Å². The molecule has 0 radical (unpaired) electrons. The van der Waals surface area contributed by atoms with E-state index >= 15 is 0 Å². The first-order valence-corrected chi connectivity index (χ1v) is 8.28. The van der Waals surface area contributed by atoms with E-state index in [1.165, 1.54) is 18.2 Å². The first-order chi connectivity index (χ1) is 11.8. The Bertz CT molecular complexity index is 793. The number of nitrogens with one attached hydrogen (secondary N) is 1. The first-order valence-electron chi connectivity index (χ1n) is 8.28. The molecule has 3 rings (SSSR count). The Balaban J connectivity index is 1.67. The van der Waals surface area contributed by atoms with Gasteiger partial charge in [0.05, 0.1) is 11.3 Å². The normalized spacial score (nSPS) is 17.0. The molecule has 1 aromatic carbocycles. The van der Waals surface area contributed by atoms with Crippen LogP contribution in [0.5, 0.6) is 0 Å². The zero-order valence-electron chi connectivity index (χ0n) is 13.9. The number of hydrogen-bond donors (Lipinski definition) is 1. The Kier molecular flexibility index (Phi) is 4.94. The van der Waals surface area contributed by atoms with Crippen LogP contribution in [-0.4, -0.2) is 28.0 Å². The summed E-state index contributed by atoms with van der Waals surface area (Å²) in [5, 5.41) is 0. The van der Waals surface area contributed by atoms with Crippen molar-refractivity contribution in [2.24, 2.45) is 0 Å². The highest BCUT2D eigenvalue weighted by Crippen LogP contribution is 2.33. The lowest BCUT2D eigenvalue weighted by Crippen LogP contribution is -2.33. The highest BCUT2D eigenvalue weighted by molar-refractivity contribution is 5.29. The summed E-state index contributed by atoms with van der Waals surface area (Å²) in [5.41, 5.74) is 0.350. The molecule has 4 nitrogen and oxygen atoms in total. The number of benzene rings is 1. The third-order valence-electron chi connectivity index (χ3n) is 4.60. The van der Waals surface area contributed by atoms with Gasteiger partial charge in [-0.1, -0.05) is 18.2 Å². The molecule has 1 saturated heterocycles. The summed E-state index contributed by atoms with van der Waals surface area (Å²) in [6.45, 7) is 3.40. The number of hydrogen-bond acceptors (Lipinski definition) is 3. The van der Waals surface area contributed by atoms with E-state index in [2.05, 4.69) is 9.97 Å². The first kappa shape index (κ1) is 17.7. The number of halogens is 3. The van der Waals surface area contributed by atoms with Crippen molar-refractivity contribution in [3.05, 3.63) is 63.3 Å². The fourth-order valence-electron chi connectivity index (χ4n) is 3.37. The van der Waals surface area contributed by atoms with Gasteiger partial charge in [0.1, 0.15) is 5.82 Å². The molecule has 1 aliphatic heterocycles. The standard InChI is InChI=1S/C18H20F3N3O/c1-12-22-16(10-17(25)23-12)13-6-8-24(9-7-13)11-14-4-2-3-5-15(14)18(19,20)21/h2-5,10,13H,6-9,11H2,1H3,(H,22,23,25). The molecule has 1 N–H and O–H groups in total. The fraction of sp³-hybridized carbons (Fsp3) is 0.444. The molecule has 0 bridgehead atoms. The van der Waals surface area contributed by atoms with Crippen molar-refractivity contribution in [2.45, 2.75) is 38.4 Å². The van der Waals surface area contributed by atoms with E-state index in [4.69, 9.17) is 0 Å². The third kappa shape index (κ3) is 4.28. The number of aryl methyl sites for hydroxylation is 1. The Labute approximate surface area is 143 Å². The molecule has 0 spiro atoms. The van der Waals surface area contributed by atoms with E-state index in [-0.39, 0.29) is 18.0 Å². The average Bonchev–Trinajstić information content (AvgIpc) is 2.54. The van der Waals surface area contributed by atoms with Gasteiger partial charge in [-0.15, -0.1) is 0 Å². The van der Waals surface area contributed by atoms with Crippen molar-refractivity contribution < 1.29 is 13.2 Å². The van der Waals surface area contributed by atoms with E-state index in [1.807, 2.05) is 4.90 Å². The van der Waals surface area contributed by atoms with Gasteiger partial charge in [-0.05, 0) is 44.5 Å². The SMILES string of the molecule is Cc1nc(C2CCN(Cc3ccccc3C(F)(F)F)CC2)cc(=O)[nH]1. The third-order valence-corrected chi connectivity index (χ3v) is 4.60. The lowest BCUT2D eigenvalue weighted by Gasteiger charge is -2.32. The Morgan fingerprint density at radius 3 is 2.56 bits per heavy atom. The van der Waals surface area contributed by atoms with Crippen molar-refractivity contribution in [3.63, 3.8) is 0 Å². The maximum Gasteiger partial charge on any atom is 0.416 e. The lowest BCUT2D eigenvalue weighted by molar-refractivity contribution is -0.138. The maximum absolute atomic E-state index is 13.1. The summed E-state index contributed by atoms with van der Waals surface area (Å²) in [6.07, 6.45) is -2.77. The van der Waals surface area contributed by atoms with Gasteiger partial charge < -0.3 is 4.98 Å². The van der Waals surface area contributed by atoms with E-state index in [0.717, 1.165) is 24.6 Å². The second-order valence-electron chi connectivity index (χ2n) is 6.46. The summed E-state index contributed by atoms with van der Waals surface area (Å²) >= 11 is 0. The molecular weight excluding hydrogens is 331 g/mol. The van der Waals surface area contributed by atoms with Crippen LogP contribution in [0.15, 0.2) is 35.1 Å². The van der Waals surface area contributed by atoms with Gasteiger partial charge in [0.15, 0.2) is 0 Å². The van der Waals surface area contributed by atoms with Crippen LogP contribution >= 0.6 is 0 Å². The monoisotopic (exact) mass is 351 g/mol. The quantitative estimate of drug-likeness (QED) is 0.921. The fourth-order valence-corrected chi connectivity index (χ4v) is 3.37. The van der Waals surface area contributed by atoms with Gasteiger partial charge in [-0.3, -0.25) is 9.69 Å². The summed E-state index contributed by atoms with van der Waals surface area (Å²) in [6, 6.07) is 7.24. The van der Waals surface area contributed by atoms with E-state index in [1.54, 1.807) is 13.0 Å². The zero-order chi connectivity index (χ0) is 18.0. The minimum absolute atomic E-state index is 0.163. The maximum atomic E-state index is 13.1. The molecule has 2 aromatic rings. The molecule has 25 heavy (non-hydrogen) atoms. The average molecular weight is 351 g/mol. The summed E-state index contributed by atoms with van der Waals surface area (Å²) in [7, 11) is 0. The van der Waals surface area contributed by atoms with Gasteiger partial charge in [0.25, 0.3) is 5.56 Å². The highest BCUT2D eigenvalue weighted by Gasteiger charge is 2.33. The predicted octanol–water partition coefficient (Wildman–Crippen LogP) is 3.48. The molecule has 1 aliphatic rings. The molecule has 2 heterocycles. The van der Waals surface area contributed by atoms with Crippen LogP contribution in [0.2, 0.25) is 0 Å². The number of likely N-dealkylation sites (tertiary alicyclic amines) is 1. The van der Waals surface area contributed by atoms with Gasteiger partial charge in [-0.25, -0.2) is 4.98 Å². The molecule has 1 fully saturated rings. The van der Waals surface area contributed by atoms with Crippen LogP contribution in [0.1, 0.15) is 41.4 Å². The van der Waals surface area contributed by atoms with E-state index in [9.17, 15) is 18.0 Å². The number of nitrogens with zero attached hydrogens (tertiary/aromatic N) is 2. The summed E-state index contributed by atoms with van der Waals surface area (Å²) in [4.78, 5) is 20.6. The topological polar surface area (TPSA) is 49.0 Å². The molecule has 134 valence electrons. The number of aromatic nitrogens is 2. The Hall–Kier alpha value is -2.15. The second-order valence-corrected chi connectivity index (χ2v) is 6.46. The van der Waals surface area contributed by atoms with Crippen LogP contribution in [0.3, 0.4) is 0 Å². The largest absolute Gasteiger partial charge is 0.416 e. The van der Waals surface area contributed by atoms with Crippen molar-refractivity contribution in [2.75, 3.05) is 13.1 Å². The minimum Gasteiger partial charge on any atom is -0.311 e. The van der Waals surface area contributed by atoms with Gasteiger partial charge in [-0.2, -0.15) is 13.2 Å². The Morgan fingerprint density at radius 2 is 1.92 bits per heavy atom.